The molecule has 2 aromatic rings. The Labute approximate surface area is 285 Å². The summed E-state index contributed by atoms with van der Waals surface area (Å²) >= 11 is 0. The summed E-state index contributed by atoms with van der Waals surface area (Å²) in [5, 5.41) is 15.7. The number of ether oxygens (including phenoxy) is 2. The van der Waals surface area contributed by atoms with E-state index in [1.807, 2.05) is 19.1 Å². The number of esters is 1. The largest absolute Gasteiger partial charge is 0.460 e. The molecule has 2 aliphatic heterocycles. The van der Waals surface area contributed by atoms with Crippen molar-refractivity contribution in [1.82, 2.24) is 15.2 Å². The van der Waals surface area contributed by atoms with Crippen molar-refractivity contribution in [3.63, 3.8) is 0 Å². The Hall–Kier alpha value is -4.78. The first-order chi connectivity index (χ1) is 23.4. The summed E-state index contributed by atoms with van der Waals surface area (Å²) < 4.78 is 31.7. The van der Waals surface area contributed by atoms with Gasteiger partial charge in [-0.3, -0.25) is 14.9 Å². The molecule has 264 valence electrons. The van der Waals surface area contributed by atoms with Crippen LogP contribution in [-0.4, -0.2) is 83.0 Å². The van der Waals surface area contributed by atoms with Crippen molar-refractivity contribution >= 4 is 29.6 Å². The van der Waals surface area contributed by atoms with E-state index in [9.17, 15) is 28.7 Å². The highest BCUT2D eigenvalue weighted by molar-refractivity contribution is 5.95. The van der Waals surface area contributed by atoms with Gasteiger partial charge in [-0.05, 0) is 44.9 Å². The molecule has 1 saturated heterocycles. The molecule has 2 aliphatic rings. The molecule has 4 rings (SSSR count). The summed E-state index contributed by atoms with van der Waals surface area (Å²) in [4.78, 5) is 57.8. The molecule has 0 aliphatic carbocycles. The maximum atomic E-state index is 14.8. The highest BCUT2D eigenvalue weighted by Gasteiger charge is 2.39. The number of carbonyl (C=O) groups excluding carboxylic acids is 4. The Morgan fingerprint density at radius 2 is 1.96 bits per heavy atom. The average Bonchev–Trinajstić information content (AvgIpc) is 3.74. The molecule has 3 N–H and O–H groups in total. The van der Waals surface area contributed by atoms with Crippen LogP contribution in [0.25, 0.3) is 0 Å². The number of alkyl halides is 1. The lowest BCUT2D eigenvalue weighted by Crippen LogP contribution is -2.44. The molecule has 6 unspecified atom stereocenters. The van der Waals surface area contributed by atoms with Gasteiger partial charge in [0.15, 0.2) is 11.6 Å². The number of benzene rings is 1. The molecular weight excluding hydrogens is 635 g/mol. The van der Waals surface area contributed by atoms with Gasteiger partial charge < -0.3 is 29.2 Å². The number of carbonyl (C=O) groups is 4. The summed E-state index contributed by atoms with van der Waals surface area (Å²) in [5.41, 5.74) is 2.21. The number of allylic oxidation sites excluding steroid dienone is 2. The first-order valence-electron chi connectivity index (χ1n) is 16.5. The van der Waals surface area contributed by atoms with Gasteiger partial charge in [0.05, 0.1) is 19.1 Å². The van der Waals surface area contributed by atoms with Gasteiger partial charge in [0.2, 0.25) is 5.91 Å². The highest BCUT2D eigenvalue weighted by atomic mass is 19.1. The van der Waals surface area contributed by atoms with Crippen molar-refractivity contribution in [2.45, 2.75) is 77.8 Å². The molecular formula is C36H45FN4O8. The van der Waals surface area contributed by atoms with Crippen molar-refractivity contribution in [2.75, 3.05) is 25.0 Å². The fraction of sp³-hybridized carbons (Fsp3) is 0.472. The quantitative estimate of drug-likeness (QED) is 0.384. The van der Waals surface area contributed by atoms with Crippen LogP contribution in [0.5, 0.6) is 0 Å². The lowest BCUT2D eigenvalue weighted by atomic mass is 9.93. The fourth-order valence-corrected chi connectivity index (χ4v) is 5.73. The smallest absolute Gasteiger partial charge is 0.411 e. The van der Waals surface area contributed by atoms with E-state index in [-0.39, 0.29) is 50.0 Å². The molecule has 3 heterocycles. The lowest BCUT2D eigenvalue weighted by Gasteiger charge is -2.30. The molecule has 1 aromatic carbocycles. The fourth-order valence-electron chi connectivity index (χ4n) is 5.73. The number of nitrogens with one attached hydrogen (secondary N) is 2. The average molecular weight is 681 g/mol. The van der Waals surface area contributed by atoms with Gasteiger partial charge in [-0.25, -0.2) is 19.0 Å². The van der Waals surface area contributed by atoms with E-state index in [1.165, 1.54) is 17.1 Å². The number of hydrogen-bond donors (Lipinski definition) is 3. The van der Waals surface area contributed by atoms with Crippen LogP contribution in [0.3, 0.4) is 0 Å². The van der Waals surface area contributed by atoms with Crippen molar-refractivity contribution < 1.29 is 42.6 Å². The van der Waals surface area contributed by atoms with Crippen LogP contribution in [0.1, 0.15) is 62.0 Å². The van der Waals surface area contributed by atoms with Crippen LogP contribution in [0.15, 0.2) is 70.9 Å². The van der Waals surface area contributed by atoms with Gasteiger partial charge in [-0.2, -0.15) is 0 Å². The number of oxazole rings is 1. The number of aliphatic hydroxyl groups excluding tert-OH is 1. The number of aromatic nitrogens is 1. The maximum Gasteiger partial charge on any atom is 0.411 e. The molecule has 0 spiro atoms. The molecule has 49 heavy (non-hydrogen) atoms. The normalized spacial score (nSPS) is 25.8. The van der Waals surface area contributed by atoms with E-state index in [1.54, 1.807) is 51.1 Å². The molecule has 13 heteroatoms. The van der Waals surface area contributed by atoms with Crippen molar-refractivity contribution in [3.8, 4) is 0 Å². The summed E-state index contributed by atoms with van der Waals surface area (Å²) in [6.45, 7) is 7.59. The first kappa shape index (κ1) is 37.0. The third-order valence-corrected chi connectivity index (χ3v) is 8.34. The van der Waals surface area contributed by atoms with Crippen molar-refractivity contribution in [3.05, 3.63) is 83.6 Å². The molecule has 2 bridgehead atoms. The van der Waals surface area contributed by atoms with Gasteiger partial charge in [0.25, 0.3) is 5.91 Å². The monoisotopic (exact) mass is 680 g/mol. The van der Waals surface area contributed by atoms with E-state index in [4.69, 9.17) is 13.9 Å². The van der Waals surface area contributed by atoms with Crippen molar-refractivity contribution in [2.24, 2.45) is 11.8 Å². The Bertz CT molecular complexity index is 1550. The van der Waals surface area contributed by atoms with Gasteiger partial charge in [0, 0.05) is 37.0 Å². The van der Waals surface area contributed by atoms with E-state index in [2.05, 4.69) is 15.6 Å². The number of fused-ring (bicyclic) bond motifs is 3. The Morgan fingerprint density at radius 3 is 2.71 bits per heavy atom. The van der Waals surface area contributed by atoms with E-state index < -0.39 is 54.2 Å². The highest BCUT2D eigenvalue weighted by Crippen LogP contribution is 2.26. The van der Waals surface area contributed by atoms with Gasteiger partial charge >= 0.3 is 12.1 Å². The van der Waals surface area contributed by atoms with Crippen LogP contribution in [-0.2, 0) is 25.5 Å². The predicted octanol–water partition coefficient (Wildman–Crippen LogP) is 4.84. The van der Waals surface area contributed by atoms with Crippen molar-refractivity contribution in [1.29, 1.82) is 0 Å². The van der Waals surface area contributed by atoms with Gasteiger partial charge in [-0.1, -0.05) is 61.4 Å². The number of cyclic esters (lactones) is 1. The second-order valence-electron chi connectivity index (χ2n) is 12.6. The maximum absolute atomic E-state index is 14.8. The molecule has 12 nitrogen and oxygen atoms in total. The second-order valence-corrected chi connectivity index (χ2v) is 12.6. The number of nitrogens with zero attached hydrogens (tertiary/aromatic N) is 2. The number of aliphatic hydroxyl groups is 1. The molecule has 1 aromatic heterocycles. The third kappa shape index (κ3) is 11.1. The summed E-state index contributed by atoms with van der Waals surface area (Å²) in [6, 6.07) is 6.30. The van der Waals surface area contributed by atoms with Crippen LogP contribution in [0.4, 0.5) is 14.9 Å². The van der Waals surface area contributed by atoms with Crippen LogP contribution < -0.4 is 10.6 Å². The van der Waals surface area contributed by atoms with E-state index >= 15 is 0 Å². The number of halogens is 1. The second kappa shape index (κ2) is 17.6. The lowest BCUT2D eigenvalue weighted by molar-refractivity contribution is -0.159. The Morgan fingerprint density at radius 1 is 1.20 bits per heavy atom. The molecule has 0 saturated carbocycles. The van der Waals surface area contributed by atoms with Gasteiger partial charge in [0.1, 0.15) is 24.6 Å². The summed E-state index contributed by atoms with van der Waals surface area (Å²) in [6.07, 6.45) is 5.34. The molecule has 3 amide bonds. The third-order valence-electron chi connectivity index (χ3n) is 8.34. The number of amides is 3. The molecule has 0 radical (unpaired) electrons. The van der Waals surface area contributed by atoms with Crippen LogP contribution in [0, 0.1) is 18.8 Å². The van der Waals surface area contributed by atoms with Gasteiger partial charge in [-0.15, -0.1) is 0 Å². The summed E-state index contributed by atoms with van der Waals surface area (Å²) in [7, 11) is 0. The Balaban J connectivity index is 1.53. The number of hydrogen-bond acceptors (Lipinski definition) is 9. The first-order valence-corrected chi connectivity index (χ1v) is 16.5. The zero-order valence-corrected chi connectivity index (χ0v) is 28.3. The summed E-state index contributed by atoms with van der Waals surface area (Å²) in [5.74, 6) is -2.59. The molecule has 6 atom stereocenters. The zero-order valence-electron chi connectivity index (χ0n) is 28.3. The standard InChI is InChI=1S/C36H45FN4O8/c1-22-9-12-27(13-10-22)39-36(46)48-20-25(4)33-24(3)11-14-31(43)38-15-5-7-23(2)17-28(42)18-26(37)19-32-40-29(21-47-32)34(44)41-16-6-8-30(41)35(45)49-33/h5,7,9-14,17,21,24-26,28,30,33,42H,6,8,15-16,18-20H2,1-4H3,(H,38,43)(H,39,46)/b7-5?,14-11+,23-17?. The molecule has 1 fully saturated rings. The Kier molecular flexibility index (Phi) is 13.3. The predicted molar refractivity (Wildman–Crippen MR) is 179 cm³/mol. The van der Waals surface area contributed by atoms with Crippen LogP contribution >= 0.6 is 0 Å². The minimum absolute atomic E-state index is 0.00276. The minimum Gasteiger partial charge on any atom is -0.460 e. The number of aryl methyl sites for hydroxylation is 1. The van der Waals surface area contributed by atoms with E-state index in [0.29, 0.717) is 24.1 Å². The van der Waals surface area contributed by atoms with E-state index in [0.717, 1.165) is 11.8 Å². The van der Waals surface area contributed by atoms with Crippen LogP contribution in [0.2, 0.25) is 0 Å². The number of rotatable bonds is 4. The zero-order chi connectivity index (χ0) is 35.5. The SMILES string of the molecule is CC1=CC(O)CC(F)Cc2nc(co2)C(=O)N2CCCC2C(=O)OC(C(C)COC(=O)Nc2ccc(C)cc2)C(C)/C=C/C(=O)NCC=C1. The number of anilines is 1. The topological polar surface area (TPSA) is 160 Å². The minimum atomic E-state index is -1.49.